The van der Waals surface area contributed by atoms with Crippen molar-refractivity contribution in [3.05, 3.63) is 0 Å². The first-order chi connectivity index (χ1) is 6.61. The quantitative estimate of drug-likeness (QED) is 0.707. The molecule has 0 aromatic heterocycles. The molecule has 2 N–H and O–H groups in total. The summed E-state index contributed by atoms with van der Waals surface area (Å²) in [5, 5.41) is 18.2. The summed E-state index contributed by atoms with van der Waals surface area (Å²) in [7, 11) is 0. The van der Waals surface area contributed by atoms with Crippen molar-refractivity contribution < 1.29 is 10.2 Å². The Morgan fingerprint density at radius 3 is 1.33 bits per heavy atom. The maximum atomic E-state index is 9.64. The Morgan fingerprint density at radius 2 is 1.13 bits per heavy atom. The first-order valence-electron chi connectivity index (χ1n) is 6.05. The summed E-state index contributed by atoms with van der Waals surface area (Å²) in [6.45, 7) is 9.10. The summed E-state index contributed by atoms with van der Waals surface area (Å²) in [5.74, 6) is 0.557. The van der Waals surface area contributed by atoms with Gasteiger partial charge in [-0.25, -0.2) is 0 Å². The van der Waals surface area contributed by atoms with Gasteiger partial charge in [0.25, 0.3) is 0 Å². The van der Waals surface area contributed by atoms with E-state index >= 15 is 0 Å². The Labute approximate surface area is 94.7 Å². The van der Waals surface area contributed by atoms with Crippen LogP contribution in [0.1, 0.15) is 66.7 Å². The van der Waals surface area contributed by atoms with Gasteiger partial charge in [0.05, 0.1) is 11.2 Å². The van der Waals surface area contributed by atoms with Gasteiger partial charge in [0.2, 0.25) is 0 Å². The Hall–Kier alpha value is -0.0800. The highest BCUT2D eigenvalue weighted by atomic mass is 16.3. The van der Waals surface area contributed by atoms with Crippen LogP contribution in [0.2, 0.25) is 0 Å². The molecular weight excluding hydrogens is 188 g/mol. The number of hydrogen-bond donors (Lipinski definition) is 2. The second-order valence-corrected chi connectivity index (χ2v) is 6.16. The standard InChI is InChI=1S/C9H18O.C4H10O/c1-9(2,10)8-6-4-3-5-7-8;1-4(2,3)5/h8,10H,3-7H2,1-2H3;5H,1-3H3. The van der Waals surface area contributed by atoms with E-state index in [9.17, 15) is 5.11 Å². The molecular formula is C13H28O2. The van der Waals surface area contributed by atoms with E-state index in [1.807, 2.05) is 13.8 Å². The number of aliphatic hydroxyl groups is 2. The summed E-state index contributed by atoms with van der Waals surface area (Å²) in [6, 6.07) is 0. The van der Waals surface area contributed by atoms with Crippen molar-refractivity contribution in [1.82, 2.24) is 0 Å². The van der Waals surface area contributed by atoms with Crippen LogP contribution in [-0.4, -0.2) is 21.4 Å². The van der Waals surface area contributed by atoms with Crippen molar-refractivity contribution in [1.29, 1.82) is 0 Å². The first-order valence-corrected chi connectivity index (χ1v) is 6.05. The van der Waals surface area contributed by atoms with Gasteiger partial charge < -0.3 is 10.2 Å². The minimum Gasteiger partial charge on any atom is -0.391 e. The van der Waals surface area contributed by atoms with Gasteiger partial charge in [0.15, 0.2) is 0 Å². The molecule has 0 saturated heterocycles. The molecule has 0 radical (unpaired) electrons. The Balaban J connectivity index is 0.000000336. The molecule has 2 heteroatoms. The van der Waals surface area contributed by atoms with Gasteiger partial charge >= 0.3 is 0 Å². The molecule has 0 bridgehead atoms. The van der Waals surface area contributed by atoms with Gasteiger partial charge in [-0.3, -0.25) is 0 Å². The van der Waals surface area contributed by atoms with Gasteiger partial charge in [-0.1, -0.05) is 19.3 Å². The van der Waals surface area contributed by atoms with Gasteiger partial charge in [0, 0.05) is 0 Å². The predicted octanol–water partition coefficient (Wildman–Crippen LogP) is 3.11. The number of rotatable bonds is 1. The van der Waals surface area contributed by atoms with Crippen LogP contribution in [-0.2, 0) is 0 Å². The molecule has 0 aromatic rings. The molecule has 0 aliphatic heterocycles. The summed E-state index contributed by atoms with van der Waals surface area (Å²) in [5.41, 5.74) is -0.930. The van der Waals surface area contributed by atoms with Crippen molar-refractivity contribution in [2.75, 3.05) is 0 Å². The third kappa shape index (κ3) is 10.2. The van der Waals surface area contributed by atoms with Gasteiger partial charge in [-0.2, -0.15) is 0 Å². The molecule has 0 spiro atoms. The van der Waals surface area contributed by atoms with Crippen LogP contribution >= 0.6 is 0 Å². The van der Waals surface area contributed by atoms with Crippen LogP contribution in [0.25, 0.3) is 0 Å². The van der Waals surface area contributed by atoms with Crippen LogP contribution in [0.3, 0.4) is 0 Å². The lowest BCUT2D eigenvalue weighted by atomic mass is 9.79. The molecule has 1 aliphatic carbocycles. The van der Waals surface area contributed by atoms with E-state index in [1.54, 1.807) is 20.8 Å². The van der Waals surface area contributed by atoms with Crippen LogP contribution in [0.5, 0.6) is 0 Å². The smallest absolute Gasteiger partial charge is 0.0619 e. The molecule has 1 aliphatic rings. The second-order valence-electron chi connectivity index (χ2n) is 6.16. The highest BCUT2D eigenvalue weighted by Gasteiger charge is 2.27. The van der Waals surface area contributed by atoms with Crippen molar-refractivity contribution in [2.24, 2.45) is 5.92 Å². The van der Waals surface area contributed by atoms with E-state index in [4.69, 9.17) is 5.11 Å². The average Bonchev–Trinajstić information content (AvgIpc) is 2.01. The molecule has 0 amide bonds. The molecule has 2 nitrogen and oxygen atoms in total. The van der Waals surface area contributed by atoms with Gasteiger partial charge in [-0.15, -0.1) is 0 Å². The van der Waals surface area contributed by atoms with Crippen molar-refractivity contribution in [2.45, 2.75) is 77.9 Å². The molecule has 1 saturated carbocycles. The monoisotopic (exact) mass is 216 g/mol. The molecule has 0 aromatic carbocycles. The Kier molecular flexibility index (Phi) is 5.82. The predicted molar refractivity (Wildman–Crippen MR) is 64.8 cm³/mol. The maximum absolute atomic E-state index is 9.64. The zero-order valence-electron chi connectivity index (χ0n) is 11.0. The van der Waals surface area contributed by atoms with Crippen molar-refractivity contribution >= 4 is 0 Å². The zero-order chi connectivity index (χ0) is 12.1. The first kappa shape index (κ1) is 14.9. The fourth-order valence-electron chi connectivity index (χ4n) is 1.81. The Morgan fingerprint density at radius 1 is 0.800 bits per heavy atom. The maximum Gasteiger partial charge on any atom is 0.0619 e. The van der Waals surface area contributed by atoms with E-state index < -0.39 is 11.2 Å². The van der Waals surface area contributed by atoms with Crippen molar-refractivity contribution in [3.63, 3.8) is 0 Å². The normalized spacial score (nSPS) is 19.4. The van der Waals surface area contributed by atoms with E-state index in [0.29, 0.717) is 5.92 Å². The third-order valence-corrected chi connectivity index (χ3v) is 2.60. The minimum absolute atomic E-state index is 0.430. The van der Waals surface area contributed by atoms with Gasteiger partial charge in [-0.05, 0) is 53.4 Å². The van der Waals surface area contributed by atoms with Gasteiger partial charge in [0.1, 0.15) is 0 Å². The number of hydrogen-bond acceptors (Lipinski definition) is 2. The van der Waals surface area contributed by atoms with Crippen LogP contribution in [0.15, 0.2) is 0 Å². The van der Waals surface area contributed by atoms with E-state index in [2.05, 4.69) is 0 Å². The molecule has 0 unspecified atom stereocenters. The lowest BCUT2D eigenvalue weighted by molar-refractivity contribution is 0.000832. The van der Waals surface area contributed by atoms with Crippen molar-refractivity contribution in [3.8, 4) is 0 Å². The van der Waals surface area contributed by atoms with E-state index in [1.165, 1.54) is 32.1 Å². The lowest BCUT2D eigenvalue weighted by Crippen LogP contribution is -2.32. The molecule has 1 fully saturated rings. The van der Waals surface area contributed by atoms with Crippen LogP contribution in [0, 0.1) is 5.92 Å². The topological polar surface area (TPSA) is 40.5 Å². The highest BCUT2D eigenvalue weighted by molar-refractivity contribution is 4.79. The summed E-state index contributed by atoms with van der Waals surface area (Å²) in [6.07, 6.45) is 6.45. The molecule has 0 heterocycles. The second kappa shape index (κ2) is 5.86. The molecule has 0 atom stereocenters. The summed E-state index contributed by atoms with van der Waals surface area (Å²) < 4.78 is 0. The molecule has 1 rings (SSSR count). The lowest BCUT2D eigenvalue weighted by Gasteiger charge is -2.32. The van der Waals surface area contributed by atoms with E-state index in [-0.39, 0.29) is 0 Å². The minimum atomic E-state index is -0.500. The highest BCUT2D eigenvalue weighted by Crippen LogP contribution is 2.31. The third-order valence-electron chi connectivity index (χ3n) is 2.60. The zero-order valence-corrected chi connectivity index (χ0v) is 11.0. The van der Waals surface area contributed by atoms with Crippen LogP contribution in [0.4, 0.5) is 0 Å². The largest absolute Gasteiger partial charge is 0.391 e. The SMILES string of the molecule is CC(C)(C)O.CC(C)(O)C1CCCCC1. The summed E-state index contributed by atoms with van der Waals surface area (Å²) in [4.78, 5) is 0. The van der Waals surface area contributed by atoms with E-state index in [0.717, 1.165) is 0 Å². The fourth-order valence-corrected chi connectivity index (χ4v) is 1.81. The summed E-state index contributed by atoms with van der Waals surface area (Å²) >= 11 is 0. The Bertz CT molecular complexity index is 150. The van der Waals surface area contributed by atoms with Crippen LogP contribution < -0.4 is 0 Å². The average molecular weight is 216 g/mol. The molecule has 15 heavy (non-hydrogen) atoms. The molecule has 92 valence electrons. The fraction of sp³-hybridized carbons (Fsp3) is 1.00.